The standard InChI is InChI=1S/C26H26O11/c1-10-21(30)14(28)6-17(36-10)37-15-8-26(35,16(29)9-27)7-13-18(15)25(34)20-19(24(13)33)22(31)11-4-2-3-5-12(11)23(20)32/h2-5,10,14-15,17,21,27-28,30,33-35H,6-9H2,1H3/t10-,14-,15-,17-,21+,26-/m0/s1. The number of hydrogen-bond donors (Lipinski definition) is 6. The maximum atomic E-state index is 13.3. The van der Waals surface area contributed by atoms with Gasteiger partial charge in [0.05, 0.1) is 29.4 Å². The van der Waals surface area contributed by atoms with Crippen molar-refractivity contribution in [3.8, 4) is 11.5 Å². The fourth-order valence-electron chi connectivity index (χ4n) is 5.45. The van der Waals surface area contributed by atoms with E-state index >= 15 is 0 Å². The number of aliphatic hydroxyl groups is 4. The Morgan fingerprint density at radius 1 is 1.08 bits per heavy atom. The molecule has 0 spiro atoms. The number of aromatic hydroxyl groups is 2. The van der Waals surface area contributed by atoms with Gasteiger partial charge in [0.2, 0.25) is 0 Å². The molecule has 11 heteroatoms. The lowest BCUT2D eigenvalue weighted by molar-refractivity contribution is -0.266. The van der Waals surface area contributed by atoms with Gasteiger partial charge in [0.25, 0.3) is 0 Å². The molecule has 11 nitrogen and oxygen atoms in total. The van der Waals surface area contributed by atoms with Gasteiger partial charge in [-0.2, -0.15) is 0 Å². The first kappa shape index (κ1) is 25.5. The molecular formula is C26H26O11. The van der Waals surface area contributed by atoms with Gasteiger partial charge in [0, 0.05) is 41.5 Å². The molecule has 0 unspecified atom stereocenters. The minimum atomic E-state index is -2.25. The Morgan fingerprint density at radius 2 is 1.68 bits per heavy atom. The van der Waals surface area contributed by atoms with Gasteiger partial charge < -0.3 is 40.1 Å². The third-order valence-corrected chi connectivity index (χ3v) is 7.43. The van der Waals surface area contributed by atoms with Gasteiger partial charge in [-0.05, 0) is 6.92 Å². The van der Waals surface area contributed by atoms with Crippen molar-refractivity contribution < 1.29 is 54.5 Å². The van der Waals surface area contributed by atoms with E-state index in [0.717, 1.165) is 0 Å². The second-order valence-electron chi connectivity index (χ2n) is 9.73. The summed E-state index contributed by atoms with van der Waals surface area (Å²) < 4.78 is 11.5. The summed E-state index contributed by atoms with van der Waals surface area (Å²) in [7, 11) is 0. The van der Waals surface area contributed by atoms with Crippen LogP contribution in [-0.2, 0) is 20.7 Å². The zero-order chi connectivity index (χ0) is 26.8. The first-order valence-corrected chi connectivity index (χ1v) is 11.8. The normalized spacial score (nSPS) is 30.9. The number of ketones is 3. The van der Waals surface area contributed by atoms with Crippen molar-refractivity contribution in [3.63, 3.8) is 0 Å². The van der Waals surface area contributed by atoms with Gasteiger partial charge in [-0.15, -0.1) is 0 Å². The molecule has 0 amide bonds. The van der Waals surface area contributed by atoms with Crippen LogP contribution in [0.2, 0.25) is 0 Å². The number of ether oxygens (including phenoxy) is 2. The Balaban J connectivity index is 1.67. The van der Waals surface area contributed by atoms with Gasteiger partial charge in [0.15, 0.2) is 23.6 Å². The highest BCUT2D eigenvalue weighted by molar-refractivity contribution is 6.30. The Kier molecular flexibility index (Phi) is 6.18. The zero-order valence-corrected chi connectivity index (χ0v) is 19.7. The lowest BCUT2D eigenvalue weighted by Crippen LogP contribution is -2.50. The molecule has 0 saturated carbocycles. The molecule has 0 radical (unpaired) electrons. The second kappa shape index (κ2) is 8.98. The van der Waals surface area contributed by atoms with Crippen LogP contribution in [0.25, 0.3) is 0 Å². The quantitative estimate of drug-likeness (QED) is 0.257. The summed E-state index contributed by atoms with van der Waals surface area (Å²) in [4.78, 5) is 39.1. The van der Waals surface area contributed by atoms with Crippen LogP contribution in [0.4, 0.5) is 0 Å². The van der Waals surface area contributed by atoms with Crippen LogP contribution < -0.4 is 0 Å². The Labute approximate surface area is 210 Å². The van der Waals surface area contributed by atoms with Gasteiger partial charge in [-0.25, -0.2) is 0 Å². The van der Waals surface area contributed by atoms with Crippen LogP contribution in [-0.4, -0.2) is 84.8 Å². The predicted octanol–water partition coefficient (Wildman–Crippen LogP) is 0.0263. The Bertz CT molecular complexity index is 1310. The summed E-state index contributed by atoms with van der Waals surface area (Å²) >= 11 is 0. The van der Waals surface area contributed by atoms with E-state index in [1.165, 1.54) is 19.1 Å². The number of carbonyl (C=O) groups is 3. The van der Waals surface area contributed by atoms with Crippen LogP contribution in [0.3, 0.4) is 0 Å². The second-order valence-corrected chi connectivity index (χ2v) is 9.73. The molecule has 6 atom stereocenters. The summed E-state index contributed by atoms with van der Waals surface area (Å²) in [6.45, 7) is 0.480. The van der Waals surface area contributed by atoms with E-state index in [1.54, 1.807) is 12.1 Å². The van der Waals surface area contributed by atoms with Crippen molar-refractivity contribution in [2.24, 2.45) is 0 Å². The molecular weight excluding hydrogens is 488 g/mol. The molecule has 3 aliphatic rings. The van der Waals surface area contributed by atoms with Crippen molar-refractivity contribution in [2.75, 3.05) is 6.61 Å². The molecule has 0 aromatic heterocycles. The highest BCUT2D eigenvalue weighted by atomic mass is 16.7. The lowest BCUT2D eigenvalue weighted by Gasteiger charge is -2.42. The number of Topliss-reactive ketones (excluding diaryl/α,β-unsaturated/α-hetero) is 1. The fraction of sp³-hybridized carbons (Fsp3) is 0.423. The molecule has 5 rings (SSSR count). The fourth-order valence-corrected chi connectivity index (χ4v) is 5.45. The van der Waals surface area contributed by atoms with E-state index in [1.807, 2.05) is 0 Å². The van der Waals surface area contributed by atoms with Gasteiger partial charge in [-0.1, -0.05) is 24.3 Å². The molecule has 1 saturated heterocycles. The van der Waals surface area contributed by atoms with Crippen molar-refractivity contribution in [3.05, 3.63) is 57.6 Å². The van der Waals surface area contributed by atoms with E-state index < -0.39 is 95.7 Å². The topological polar surface area (TPSA) is 191 Å². The van der Waals surface area contributed by atoms with Crippen LogP contribution in [0.5, 0.6) is 11.5 Å². The van der Waals surface area contributed by atoms with Crippen LogP contribution in [0.15, 0.2) is 24.3 Å². The number of aliphatic hydroxyl groups excluding tert-OH is 3. The summed E-state index contributed by atoms with van der Waals surface area (Å²) in [5.41, 5.74) is -3.39. The Morgan fingerprint density at radius 3 is 2.24 bits per heavy atom. The van der Waals surface area contributed by atoms with E-state index in [9.17, 15) is 45.0 Å². The molecule has 2 aromatic carbocycles. The van der Waals surface area contributed by atoms with Gasteiger partial charge in [0.1, 0.15) is 29.8 Å². The minimum Gasteiger partial charge on any atom is -0.507 e. The molecule has 1 aliphatic heterocycles. The molecule has 2 aromatic rings. The van der Waals surface area contributed by atoms with E-state index in [4.69, 9.17) is 9.47 Å². The minimum absolute atomic E-state index is 0.0251. The molecule has 1 heterocycles. The predicted molar refractivity (Wildman–Crippen MR) is 123 cm³/mol. The third-order valence-electron chi connectivity index (χ3n) is 7.43. The molecule has 1 fully saturated rings. The molecule has 6 N–H and O–H groups in total. The molecule has 2 aliphatic carbocycles. The summed E-state index contributed by atoms with van der Waals surface area (Å²) in [6.07, 6.45) is -7.00. The number of carbonyl (C=O) groups excluding carboxylic acids is 3. The number of fused-ring (bicyclic) bond motifs is 3. The first-order valence-electron chi connectivity index (χ1n) is 11.8. The van der Waals surface area contributed by atoms with E-state index in [-0.39, 0.29) is 28.7 Å². The molecule has 196 valence electrons. The smallest absolute Gasteiger partial charge is 0.198 e. The van der Waals surface area contributed by atoms with Crippen molar-refractivity contribution in [1.82, 2.24) is 0 Å². The maximum Gasteiger partial charge on any atom is 0.198 e. The van der Waals surface area contributed by atoms with Gasteiger partial charge >= 0.3 is 0 Å². The summed E-state index contributed by atoms with van der Waals surface area (Å²) in [5.74, 6) is -3.75. The number of phenols is 2. The summed E-state index contributed by atoms with van der Waals surface area (Å²) in [6, 6.07) is 5.93. The van der Waals surface area contributed by atoms with Crippen molar-refractivity contribution in [2.45, 2.75) is 62.5 Å². The highest BCUT2D eigenvalue weighted by Gasteiger charge is 2.49. The number of phenolic OH excluding ortho intramolecular Hbond substituents is 2. The SMILES string of the molecule is C[C@@H]1O[C@@H](O[C@H]2C[C@](O)(C(=O)CO)Cc3c(O)c4c(c(O)c32)C(=O)c2ccccc2C4=O)C[C@H](O)[C@@H]1O. The maximum absolute atomic E-state index is 13.3. The number of benzene rings is 2. The average Bonchev–Trinajstić information content (AvgIpc) is 2.87. The molecule has 37 heavy (non-hydrogen) atoms. The lowest BCUT2D eigenvalue weighted by atomic mass is 9.72. The summed E-state index contributed by atoms with van der Waals surface area (Å²) in [5, 5.41) is 63.3. The van der Waals surface area contributed by atoms with Crippen LogP contribution >= 0.6 is 0 Å². The number of rotatable bonds is 4. The van der Waals surface area contributed by atoms with Crippen LogP contribution in [0, 0.1) is 0 Å². The number of hydrogen-bond acceptors (Lipinski definition) is 11. The third kappa shape index (κ3) is 3.86. The largest absolute Gasteiger partial charge is 0.507 e. The first-order chi connectivity index (χ1) is 17.5. The van der Waals surface area contributed by atoms with Crippen LogP contribution in [0.1, 0.15) is 68.8 Å². The van der Waals surface area contributed by atoms with E-state index in [2.05, 4.69) is 0 Å². The van der Waals surface area contributed by atoms with Gasteiger partial charge in [-0.3, -0.25) is 14.4 Å². The Hall–Kier alpha value is -3.19. The average molecular weight is 514 g/mol. The zero-order valence-electron chi connectivity index (χ0n) is 19.7. The van der Waals surface area contributed by atoms with Crippen molar-refractivity contribution >= 4 is 17.3 Å². The van der Waals surface area contributed by atoms with Crippen molar-refractivity contribution in [1.29, 1.82) is 0 Å². The highest BCUT2D eigenvalue weighted by Crippen LogP contribution is 2.52. The monoisotopic (exact) mass is 514 g/mol. The van der Waals surface area contributed by atoms with E-state index in [0.29, 0.717) is 0 Å². The molecule has 0 bridgehead atoms.